The standard InChI is InChI=1S/C4H10N6Se/c1-3-11(4-2,9-7-5)10-8-6/h3-4H2,1-2H3. The van der Waals surface area contributed by atoms with Crippen molar-refractivity contribution < 1.29 is 0 Å². The third-order valence-electron chi connectivity index (χ3n) is 1.30. The molecular weight excluding hydrogens is 211 g/mol. The van der Waals surface area contributed by atoms with Crippen LogP contribution in [0.15, 0.2) is 8.26 Å². The summed E-state index contributed by atoms with van der Waals surface area (Å²) >= 11 is -2.51. The van der Waals surface area contributed by atoms with Crippen LogP contribution in [0.4, 0.5) is 0 Å². The van der Waals surface area contributed by atoms with Crippen LogP contribution >= 0.6 is 0 Å². The fourth-order valence-electron chi connectivity index (χ4n) is 0.587. The quantitative estimate of drug-likeness (QED) is 0.301. The Labute approximate surface area is 67.5 Å². The second kappa shape index (κ2) is 4.88. The molecule has 0 bridgehead atoms. The average molecular weight is 221 g/mol. The van der Waals surface area contributed by atoms with Crippen molar-refractivity contribution >= 4 is 13.3 Å². The first kappa shape index (κ1) is 10.1. The topological polar surface area (TPSA) is 97.5 Å². The van der Waals surface area contributed by atoms with Gasteiger partial charge >= 0.3 is 66.9 Å². The summed E-state index contributed by atoms with van der Waals surface area (Å²) in [6.07, 6.45) is 0. The van der Waals surface area contributed by atoms with Crippen molar-refractivity contribution in [2.24, 2.45) is 8.26 Å². The third kappa shape index (κ3) is 2.70. The molecule has 0 aliphatic heterocycles. The fourth-order valence-corrected chi connectivity index (χ4v) is 3.05. The van der Waals surface area contributed by atoms with E-state index in [-0.39, 0.29) is 0 Å². The number of rotatable bonds is 4. The molecule has 0 N–H and O–H groups in total. The molecule has 0 atom stereocenters. The number of azide groups is 1. The summed E-state index contributed by atoms with van der Waals surface area (Å²) in [5, 5.41) is 1.36. The van der Waals surface area contributed by atoms with Gasteiger partial charge in [-0.25, -0.2) is 0 Å². The molecule has 0 saturated heterocycles. The maximum atomic E-state index is 8.20. The van der Waals surface area contributed by atoms with Crippen LogP contribution in [0.1, 0.15) is 13.8 Å². The van der Waals surface area contributed by atoms with Crippen molar-refractivity contribution in [1.29, 1.82) is 0 Å². The van der Waals surface area contributed by atoms with Crippen molar-refractivity contribution in [3.8, 4) is 0 Å². The monoisotopic (exact) mass is 222 g/mol. The summed E-state index contributed by atoms with van der Waals surface area (Å²) in [5.74, 6) is 0. The Kier molecular flexibility index (Phi) is 4.50. The number of hydrogen-bond acceptors (Lipinski definition) is 2. The number of nitrogens with zero attached hydrogens (tertiary/aromatic N) is 6. The molecule has 0 heterocycles. The van der Waals surface area contributed by atoms with E-state index in [0.29, 0.717) is 10.6 Å². The van der Waals surface area contributed by atoms with Gasteiger partial charge in [-0.2, -0.15) is 0 Å². The average Bonchev–Trinajstić information content (AvgIpc) is 2.04. The first-order valence-corrected chi connectivity index (χ1v) is 7.11. The summed E-state index contributed by atoms with van der Waals surface area (Å²) in [6.45, 7) is 3.76. The van der Waals surface area contributed by atoms with E-state index in [2.05, 4.69) is 18.1 Å². The molecule has 0 radical (unpaired) electrons. The Balaban J connectivity index is 4.72. The summed E-state index contributed by atoms with van der Waals surface area (Å²) in [6, 6.07) is 0. The molecule has 6 nitrogen and oxygen atoms in total. The van der Waals surface area contributed by atoms with Gasteiger partial charge in [0, 0.05) is 0 Å². The van der Waals surface area contributed by atoms with Gasteiger partial charge in [0.1, 0.15) is 0 Å². The van der Waals surface area contributed by atoms with Gasteiger partial charge in [-0.3, -0.25) is 0 Å². The second-order valence-corrected chi connectivity index (χ2v) is 8.20. The van der Waals surface area contributed by atoms with Crippen LogP contribution in [0.3, 0.4) is 0 Å². The molecular formula is C4H10N6Se. The zero-order valence-electron chi connectivity index (χ0n) is 6.51. The molecule has 62 valence electrons. The van der Waals surface area contributed by atoms with Crippen LogP contribution in [0.2, 0.25) is 10.6 Å². The SMILES string of the molecule is CC[Se](CC)(N=[N+]=[N-])N=[N+]=[N-]. The molecule has 0 saturated carbocycles. The van der Waals surface area contributed by atoms with E-state index in [1.807, 2.05) is 13.8 Å². The van der Waals surface area contributed by atoms with Crippen LogP contribution in [0.25, 0.3) is 20.9 Å². The predicted molar refractivity (Wildman–Crippen MR) is 45.0 cm³/mol. The van der Waals surface area contributed by atoms with Gasteiger partial charge in [-0.15, -0.1) is 0 Å². The molecule has 0 aliphatic rings. The Bertz CT molecular complexity index is 189. The normalized spacial score (nSPS) is 11.1. The predicted octanol–water partition coefficient (Wildman–Crippen LogP) is 3.09. The van der Waals surface area contributed by atoms with E-state index >= 15 is 0 Å². The molecule has 0 aliphatic carbocycles. The van der Waals surface area contributed by atoms with Crippen LogP contribution in [-0.4, -0.2) is 13.3 Å². The van der Waals surface area contributed by atoms with Crippen LogP contribution in [0.5, 0.6) is 0 Å². The zero-order chi connectivity index (χ0) is 8.74. The Morgan fingerprint density at radius 3 is 1.64 bits per heavy atom. The first-order chi connectivity index (χ1) is 5.24. The van der Waals surface area contributed by atoms with E-state index in [1.165, 1.54) is 0 Å². The van der Waals surface area contributed by atoms with E-state index in [1.54, 1.807) is 0 Å². The number of hydrogen-bond donors (Lipinski definition) is 0. The van der Waals surface area contributed by atoms with Crippen molar-refractivity contribution in [3.63, 3.8) is 0 Å². The minimum atomic E-state index is -2.51. The van der Waals surface area contributed by atoms with Crippen LogP contribution < -0.4 is 0 Å². The summed E-state index contributed by atoms with van der Waals surface area (Å²) in [7, 11) is 0. The van der Waals surface area contributed by atoms with E-state index in [0.717, 1.165) is 0 Å². The van der Waals surface area contributed by atoms with Gasteiger partial charge in [0.15, 0.2) is 0 Å². The molecule has 0 fully saturated rings. The first-order valence-electron chi connectivity index (χ1n) is 3.16. The summed E-state index contributed by atoms with van der Waals surface area (Å²) < 4.78 is 7.20. The summed E-state index contributed by atoms with van der Waals surface area (Å²) in [5.41, 5.74) is 16.4. The zero-order valence-corrected chi connectivity index (χ0v) is 8.22. The molecule has 0 aromatic rings. The molecule has 0 aromatic carbocycles. The van der Waals surface area contributed by atoms with E-state index in [9.17, 15) is 0 Å². The minimum absolute atomic E-state index is 0.682. The van der Waals surface area contributed by atoms with Gasteiger partial charge in [0.05, 0.1) is 0 Å². The Morgan fingerprint density at radius 1 is 1.09 bits per heavy atom. The Morgan fingerprint density at radius 2 is 1.45 bits per heavy atom. The molecule has 11 heavy (non-hydrogen) atoms. The second-order valence-electron chi connectivity index (χ2n) is 1.72. The molecule has 0 rings (SSSR count). The molecule has 0 amide bonds. The fraction of sp³-hybridized carbons (Fsp3) is 1.00. The van der Waals surface area contributed by atoms with E-state index < -0.39 is 13.3 Å². The van der Waals surface area contributed by atoms with Crippen LogP contribution in [-0.2, 0) is 0 Å². The van der Waals surface area contributed by atoms with Gasteiger partial charge in [-0.05, 0) is 0 Å². The van der Waals surface area contributed by atoms with Crippen molar-refractivity contribution in [2.45, 2.75) is 24.5 Å². The van der Waals surface area contributed by atoms with Crippen LogP contribution in [0, 0.1) is 0 Å². The van der Waals surface area contributed by atoms with E-state index in [4.69, 9.17) is 11.1 Å². The van der Waals surface area contributed by atoms with Gasteiger partial charge in [0.2, 0.25) is 0 Å². The van der Waals surface area contributed by atoms with Gasteiger partial charge in [-0.1, -0.05) is 0 Å². The summed E-state index contributed by atoms with van der Waals surface area (Å²) in [4.78, 5) is 5.40. The molecule has 0 unspecified atom stereocenters. The molecule has 0 aromatic heterocycles. The third-order valence-corrected chi connectivity index (χ3v) is 6.76. The van der Waals surface area contributed by atoms with Gasteiger partial charge < -0.3 is 0 Å². The van der Waals surface area contributed by atoms with Crippen molar-refractivity contribution in [2.75, 3.05) is 0 Å². The van der Waals surface area contributed by atoms with Gasteiger partial charge in [0.25, 0.3) is 0 Å². The molecule has 7 heteroatoms. The Hall–Kier alpha value is -0.861. The van der Waals surface area contributed by atoms with Crippen molar-refractivity contribution in [3.05, 3.63) is 20.9 Å². The van der Waals surface area contributed by atoms with Crippen molar-refractivity contribution in [1.82, 2.24) is 0 Å². The molecule has 0 spiro atoms. The maximum absolute atomic E-state index is 8.20.